The molecule has 0 radical (unpaired) electrons. The summed E-state index contributed by atoms with van der Waals surface area (Å²) in [5.74, 6) is 0.475. The van der Waals surface area contributed by atoms with Crippen LogP contribution in [-0.4, -0.2) is 49.1 Å². The molecule has 11 heteroatoms. The lowest BCUT2D eigenvalue weighted by Gasteiger charge is -2.10. The minimum atomic E-state index is -3.82. The third-order valence-electron chi connectivity index (χ3n) is 4.80. The maximum absolute atomic E-state index is 12.9. The molecule has 0 saturated carbocycles. The van der Waals surface area contributed by atoms with Gasteiger partial charge in [0, 0.05) is 23.7 Å². The Bertz CT molecular complexity index is 1180. The number of ether oxygens (including phenoxy) is 1. The van der Waals surface area contributed by atoms with Crippen molar-refractivity contribution in [3.8, 4) is 16.5 Å². The first-order valence-electron chi connectivity index (χ1n) is 9.87. The molecule has 4 rings (SSSR count). The number of carbonyl (C=O) groups excluding carboxylic acids is 1. The van der Waals surface area contributed by atoms with Crippen LogP contribution in [0.2, 0.25) is 0 Å². The van der Waals surface area contributed by atoms with Gasteiger partial charge in [-0.3, -0.25) is 9.52 Å². The second-order valence-corrected chi connectivity index (χ2v) is 9.92. The minimum Gasteiger partial charge on any atom is -0.494 e. The van der Waals surface area contributed by atoms with Gasteiger partial charge in [-0.25, -0.2) is 8.42 Å². The number of aryl methyl sites for hydroxylation is 1. The Morgan fingerprint density at radius 1 is 1.26 bits per heavy atom. The molecule has 3 heterocycles. The number of rotatable bonds is 7. The van der Waals surface area contributed by atoms with Crippen LogP contribution in [0.1, 0.15) is 35.3 Å². The van der Waals surface area contributed by atoms with Gasteiger partial charge in [0.25, 0.3) is 10.0 Å². The molecule has 1 aromatic carbocycles. The summed E-state index contributed by atoms with van der Waals surface area (Å²) in [5, 5.41) is 3.87. The number of anilines is 1. The van der Waals surface area contributed by atoms with Gasteiger partial charge in [-0.05, 0) is 57.0 Å². The van der Waals surface area contributed by atoms with E-state index in [9.17, 15) is 13.2 Å². The van der Waals surface area contributed by atoms with Crippen LogP contribution in [0.4, 0.5) is 5.69 Å². The Hall–Kier alpha value is -2.92. The number of likely N-dealkylation sites (tertiary alicyclic amines) is 1. The van der Waals surface area contributed by atoms with Crippen molar-refractivity contribution >= 4 is 33.0 Å². The molecule has 0 bridgehead atoms. The van der Waals surface area contributed by atoms with Crippen molar-refractivity contribution < 1.29 is 22.5 Å². The Labute approximate surface area is 184 Å². The zero-order chi connectivity index (χ0) is 22.0. The number of hydrogen-bond donors (Lipinski definition) is 1. The van der Waals surface area contributed by atoms with Gasteiger partial charge in [-0.1, -0.05) is 5.16 Å². The summed E-state index contributed by atoms with van der Waals surface area (Å²) in [6, 6.07) is 8.17. The van der Waals surface area contributed by atoms with Crippen LogP contribution >= 0.6 is 11.3 Å². The number of aromatic nitrogens is 2. The van der Waals surface area contributed by atoms with E-state index in [1.54, 1.807) is 36.1 Å². The van der Waals surface area contributed by atoms with Crippen molar-refractivity contribution in [3.05, 3.63) is 41.1 Å². The molecule has 0 spiro atoms. The van der Waals surface area contributed by atoms with E-state index >= 15 is 0 Å². The monoisotopic (exact) mass is 462 g/mol. The molecule has 0 unspecified atom stereocenters. The summed E-state index contributed by atoms with van der Waals surface area (Å²) >= 11 is 1.22. The molecule has 31 heavy (non-hydrogen) atoms. The first-order chi connectivity index (χ1) is 14.9. The van der Waals surface area contributed by atoms with Crippen molar-refractivity contribution in [2.45, 2.75) is 31.6 Å². The summed E-state index contributed by atoms with van der Waals surface area (Å²) in [4.78, 5) is 19.5. The lowest BCUT2D eigenvalue weighted by Crippen LogP contribution is -2.27. The quantitative estimate of drug-likeness (QED) is 0.571. The van der Waals surface area contributed by atoms with E-state index in [1.807, 2.05) is 6.92 Å². The highest BCUT2D eigenvalue weighted by molar-refractivity contribution is 7.93. The van der Waals surface area contributed by atoms with E-state index in [2.05, 4.69) is 14.9 Å². The van der Waals surface area contributed by atoms with Gasteiger partial charge in [0.15, 0.2) is 0 Å². The van der Waals surface area contributed by atoms with Crippen LogP contribution in [0.3, 0.4) is 0 Å². The Balaban J connectivity index is 1.53. The molecule has 1 amide bonds. The number of nitrogens with zero attached hydrogens (tertiary/aromatic N) is 3. The smallest absolute Gasteiger partial charge is 0.316 e. The lowest BCUT2D eigenvalue weighted by atomic mass is 10.3. The highest BCUT2D eigenvalue weighted by Gasteiger charge is 2.27. The normalized spacial score (nSPS) is 14.1. The van der Waals surface area contributed by atoms with E-state index in [0.717, 1.165) is 12.8 Å². The van der Waals surface area contributed by atoms with E-state index in [-0.39, 0.29) is 22.5 Å². The van der Waals surface area contributed by atoms with E-state index in [1.165, 1.54) is 17.4 Å². The maximum atomic E-state index is 12.9. The molecule has 2 aromatic heterocycles. The second kappa shape index (κ2) is 8.67. The van der Waals surface area contributed by atoms with Crippen LogP contribution in [0.5, 0.6) is 5.75 Å². The van der Waals surface area contributed by atoms with E-state index in [4.69, 9.17) is 9.26 Å². The van der Waals surface area contributed by atoms with E-state index in [0.29, 0.717) is 40.9 Å². The highest BCUT2D eigenvalue weighted by atomic mass is 32.2. The number of nitrogens with one attached hydrogen (secondary N) is 1. The molecule has 1 saturated heterocycles. The molecule has 0 aliphatic carbocycles. The summed E-state index contributed by atoms with van der Waals surface area (Å²) in [5.41, 5.74) is 0.425. The number of hydrogen-bond acceptors (Lipinski definition) is 8. The van der Waals surface area contributed by atoms with Gasteiger partial charge in [-0.15, -0.1) is 11.3 Å². The van der Waals surface area contributed by atoms with Crippen molar-refractivity contribution in [3.63, 3.8) is 0 Å². The van der Waals surface area contributed by atoms with Crippen molar-refractivity contribution in [1.29, 1.82) is 0 Å². The fraction of sp³-hybridized carbons (Fsp3) is 0.350. The third-order valence-corrected chi connectivity index (χ3v) is 7.49. The predicted molar refractivity (Wildman–Crippen MR) is 116 cm³/mol. The first-order valence-corrected chi connectivity index (χ1v) is 12.2. The Kier molecular flexibility index (Phi) is 5.96. The summed E-state index contributed by atoms with van der Waals surface area (Å²) in [7, 11) is -3.82. The molecular formula is C20H22N4O5S2. The zero-order valence-corrected chi connectivity index (χ0v) is 18.8. The number of amides is 1. The average Bonchev–Trinajstić information content (AvgIpc) is 3.49. The second-order valence-electron chi connectivity index (χ2n) is 7.02. The average molecular weight is 463 g/mol. The largest absolute Gasteiger partial charge is 0.494 e. The minimum absolute atomic E-state index is 0.0835. The van der Waals surface area contributed by atoms with Gasteiger partial charge in [0.05, 0.1) is 11.5 Å². The van der Waals surface area contributed by atoms with E-state index < -0.39 is 10.0 Å². The number of thiophene rings is 1. The molecule has 1 aliphatic heterocycles. The predicted octanol–water partition coefficient (Wildman–Crippen LogP) is 3.54. The third kappa shape index (κ3) is 4.57. The standard InChI is InChI=1S/C20H22N4O5S2/c1-3-28-15-8-6-14(7-9-15)23-31(26,27)17-12-16(30-13(17)2)18-21-19(29-22-18)20(25)24-10-4-5-11-24/h6-9,12,23H,3-5,10-11H2,1-2H3. The van der Waals surface area contributed by atoms with Gasteiger partial charge in [0.2, 0.25) is 5.82 Å². The van der Waals surface area contributed by atoms with Crippen molar-refractivity contribution in [2.75, 3.05) is 24.4 Å². The van der Waals surface area contributed by atoms with Gasteiger partial charge in [-0.2, -0.15) is 4.98 Å². The van der Waals surface area contributed by atoms with Crippen LogP contribution in [0.25, 0.3) is 10.7 Å². The SMILES string of the molecule is CCOc1ccc(NS(=O)(=O)c2cc(-c3noc(C(=O)N4CCCC4)n3)sc2C)cc1. The molecule has 0 atom stereocenters. The zero-order valence-electron chi connectivity index (χ0n) is 17.1. The van der Waals surface area contributed by atoms with Gasteiger partial charge >= 0.3 is 11.8 Å². The molecule has 9 nitrogen and oxygen atoms in total. The fourth-order valence-electron chi connectivity index (χ4n) is 3.30. The molecule has 3 aromatic rings. The molecular weight excluding hydrogens is 440 g/mol. The first kappa shape index (κ1) is 21.3. The lowest BCUT2D eigenvalue weighted by molar-refractivity contribution is 0.0743. The molecule has 1 aliphatic rings. The van der Waals surface area contributed by atoms with Crippen LogP contribution in [-0.2, 0) is 10.0 Å². The van der Waals surface area contributed by atoms with Gasteiger partial charge < -0.3 is 14.2 Å². The summed E-state index contributed by atoms with van der Waals surface area (Å²) < 4.78 is 38.9. The highest BCUT2D eigenvalue weighted by Crippen LogP contribution is 2.33. The Morgan fingerprint density at radius 2 is 1.97 bits per heavy atom. The topological polar surface area (TPSA) is 115 Å². The molecule has 1 fully saturated rings. The molecule has 1 N–H and O–H groups in total. The summed E-state index contributed by atoms with van der Waals surface area (Å²) in [6.45, 7) is 5.46. The fourth-order valence-corrected chi connectivity index (χ4v) is 5.88. The number of sulfonamides is 1. The maximum Gasteiger partial charge on any atom is 0.316 e. The van der Waals surface area contributed by atoms with Crippen molar-refractivity contribution in [1.82, 2.24) is 15.0 Å². The van der Waals surface area contributed by atoms with Crippen molar-refractivity contribution in [2.24, 2.45) is 0 Å². The van der Waals surface area contributed by atoms with Crippen LogP contribution in [0, 0.1) is 6.92 Å². The van der Waals surface area contributed by atoms with Gasteiger partial charge in [0.1, 0.15) is 10.6 Å². The Morgan fingerprint density at radius 3 is 2.65 bits per heavy atom. The number of benzene rings is 1. The number of carbonyl (C=O) groups is 1. The van der Waals surface area contributed by atoms with Crippen LogP contribution < -0.4 is 9.46 Å². The van der Waals surface area contributed by atoms with Crippen LogP contribution in [0.15, 0.2) is 39.8 Å². The molecule has 164 valence electrons. The summed E-state index contributed by atoms with van der Waals surface area (Å²) in [6.07, 6.45) is 1.92.